The van der Waals surface area contributed by atoms with Crippen molar-refractivity contribution in [1.29, 1.82) is 0 Å². The Morgan fingerprint density at radius 2 is 1.85 bits per heavy atom. The van der Waals surface area contributed by atoms with Gasteiger partial charge >= 0.3 is 0 Å². The molecule has 1 saturated carbocycles. The molecule has 0 aliphatic heterocycles. The first-order valence-electron chi connectivity index (χ1n) is 9.92. The van der Waals surface area contributed by atoms with Crippen LogP contribution in [0, 0.1) is 0 Å². The maximum Gasteiger partial charge on any atom is 0.225 e. The SMILES string of the molecule is CCc1nn(Cc2ccc(OC)cc2)c2ccnc(OC3CCCCC3)c12. The van der Waals surface area contributed by atoms with Crippen LogP contribution in [-0.2, 0) is 13.0 Å². The Morgan fingerprint density at radius 3 is 2.56 bits per heavy atom. The van der Waals surface area contributed by atoms with Gasteiger partial charge in [-0.1, -0.05) is 25.5 Å². The number of methoxy groups -OCH3 is 1. The van der Waals surface area contributed by atoms with E-state index in [0.717, 1.165) is 47.5 Å². The molecule has 1 aromatic carbocycles. The van der Waals surface area contributed by atoms with Gasteiger partial charge in [-0.3, -0.25) is 4.68 Å². The summed E-state index contributed by atoms with van der Waals surface area (Å²) in [6, 6.07) is 10.2. The molecule has 1 aliphatic rings. The smallest absolute Gasteiger partial charge is 0.225 e. The van der Waals surface area contributed by atoms with Crippen LogP contribution in [0.5, 0.6) is 11.6 Å². The fourth-order valence-corrected chi connectivity index (χ4v) is 3.87. The Labute approximate surface area is 160 Å². The van der Waals surface area contributed by atoms with Gasteiger partial charge in [0.25, 0.3) is 0 Å². The minimum atomic E-state index is 0.284. The zero-order chi connectivity index (χ0) is 18.6. The Hall–Kier alpha value is -2.56. The first-order chi connectivity index (χ1) is 13.3. The Bertz CT molecular complexity index is 896. The lowest BCUT2D eigenvalue weighted by Gasteiger charge is -2.22. The zero-order valence-corrected chi connectivity index (χ0v) is 16.1. The van der Waals surface area contributed by atoms with E-state index < -0.39 is 0 Å². The van der Waals surface area contributed by atoms with E-state index >= 15 is 0 Å². The van der Waals surface area contributed by atoms with Crippen LogP contribution in [0.4, 0.5) is 0 Å². The van der Waals surface area contributed by atoms with Crippen molar-refractivity contribution in [2.24, 2.45) is 0 Å². The largest absolute Gasteiger partial charge is 0.497 e. The summed E-state index contributed by atoms with van der Waals surface area (Å²) in [6.07, 6.45) is 9.05. The molecule has 1 fully saturated rings. The maximum atomic E-state index is 6.32. The van der Waals surface area contributed by atoms with E-state index in [0.29, 0.717) is 6.54 Å². The van der Waals surface area contributed by atoms with Crippen LogP contribution >= 0.6 is 0 Å². The lowest BCUT2D eigenvalue weighted by atomic mass is 9.98. The minimum Gasteiger partial charge on any atom is -0.497 e. The van der Waals surface area contributed by atoms with E-state index in [4.69, 9.17) is 14.6 Å². The summed E-state index contributed by atoms with van der Waals surface area (Å²) in [5.41, 5.74) is 3.33. The number of pyridine rings is 1. The van der Waals surface area contributed by atoms with Crippen molar-refractivity contribution in [2.75, 3.05) is 7.11 Å². The zero-order valence-electron chi connectivity index (χ0n) is 16.1. The molecular weight excluding hydrogens is 338 g/mol. The maximum absolute atomic E-state index is 6.32. The molecule has 0 atom stereocenters. The molecule has 3 aromatic rings. The van der Waals surface area contributed by atoms with Crippen molar-refractivity contribution in [3.63, 3.8) is 0 Å². The topological polar surface area (TPSA) is 49.2 Å². The first-order valence-corrected chi connectivity index (χ1v) is 9.92. The summed E-state index contributed by atoms with van der Waals surface area (Å²) in [6.45, 7) is 2.85. The van der Waals surface area contributed by atoms with Crippen molar-refractivity contribution < 1.29 is 9.47 Å². The third-order valence-electron chi connectivity index (χ3n) is 5.36. The van der Waals surface area contributed by atoms with Crippen LogP contribution in [0.1, 0.15) is 50.3 Å². The predicted molar refractivity (Wildman–Crippen MR) is 107 cm³/mol. The molecule has 5 nitrogen and oxygen atoms in total. The van der Waals surface area contributed by atoms with Gasteiger partial charge in [-0.05, 0) is 55.9 Å². The summed E-state index contributed by atoms with van der Waals surface area (Å²) in [4.78, 5) is 4.56. The predicted octanol–water partition coefficient (Wildman–Crippen LogP) is 4.76. The van der Waals surface area contributed by atoms with Gasteiger partial charge in [-0.25, -0.2) is 4.98 Å². The van der Waals surface area contributed by atoms with Gasteiger partial charge in [0.2, 0.25) is 5.88 Å². The number of fused-ring (bicyclic) bond motifs is 1. The summed E-state index contributed by atoms with van der Waals surface area (Å²) in [5.74, 6) is 1.61. The number of aromatic nitrogens is 3. The van der Waals surface area contributed by atoms with Gasteiger partial charge in [0.05, 0.1) is 30.3 Å². The Morgan fingerprint density at radius 1 is 1.07 bits per heavy atom. The van der Waals surface area contributed by atoms with Crippen molar-refractivity contribution in [3.05, 3.63) is 47.8 Å². The molecule has 4 rings (SSSR count). The molecule has 0 bridgehead atoms. The van der Waals surface area contributed by atoms with Crippen LogP contribution < -0.4 is 9.47 Å². The second-order valence-electron chi connectivity index (χ2n) is 7.19. The quantitative estimate of drug-likeness (QED) is 0.632. The molecule has 2 aromatic heterocycles. The van der Waals surface area contributed by atoms with Crippen molar-refractivity contribution in [3.8, 4) is 11.6 Å². The van der Waals surface area contributed by atoms with E-state index in [9.17, 15) is 0 Å². The summed E-state index contributed by atoms with van der Waals surface area (Å²) in [5, 5.41) is 5.93. The second-order valence-corrected chi connectivity index (χ2v) is 7.19. The monoisotopic (exact) mass is 365 g/mol. The van der Waals surface area contributed by atoms with E-state index in [1.165, 1.54) is 24.8 Å². The number of rotatable bonds is 6. The number of ether oxygens (including phenoxy) is 2. The molecular formula is C22H27N3O2. The molecule has 27 heavy (non-hydrogen) atoms. The van der Waals surface area contributed by atoms with E-state index in [1.54, 1.807) is 7.11 Å². The van der Waals surface area contributed by atoms with Crippen molar-refractivity contribution in [1.82, 2.24) is 14.8 Å². The van der Waals surface area contributed by atoms with Gasteiger partial charge in [0, 0.05) is 6.20 Å². The summed E-state index contributed by atoms with van der Waals surface area (Å²) in [7, 11) is 1.68. The van der Waals surface area contributed by atoms with Gasteiger partial charge in [0.1, 0.15) is 11.9 Å². The summed E-state index contributed by atoms with van der Waals surface area (Å²) < 4.78 is 13.6. The third kappa shape index (κ3) is 3.77. The third-order valence-corrected chi connectivity index (χ3v) is 5.36. The molecule has 5 heteroatoms. The first kappa shape index (κ1) is 17.8. The Balaban J connectivity index is 1.66. The Kier molecular flexibility index (Phi) is 5.28. The van der Waals surface area contributed by atoms with Crippen LogP contribution in [-0.4, -0.2) is 28.0 Å². The number of hydrogen-bond donors (Lipinski definition) is 0. The van der Waals surface area contributed by atoms with Gasteiger partial charge in [-0.2, -0.15) is 5.10 Å². The molecule has 0 radical (unpaired) electrons. The highest BCUT2D eigenvalue weighted by molar-refractivity contribution is 5.86. The molecule has 0 unspecified atom stereocenters. The number of benzene rings is 1. The average molecular weight is 365 g/mol. The van der Waals surface area contributed by atoms with Crippen LogP contribution in [0.3, 0.4) is 0 Å². The highest BCUT2D eigenvalue weighted by atomic mass is 16.5. The minimum absolute atomic E-state index is 0.284. The molecule has 0 N–H and O–H groups in total. The molecule has 1 aliphatic carbocycles. The van der Waals surface area contributed by atoms with E-state index in [2.05, 4.69) is 28.7 Å². The molecule has 142 valence electrons. The fourth-order valence-electron chi connectivity index (χ4n) is 3.87. The normalized spacial score (nSPS) is 15.2. The van der Waals surface area contributed by atoms with Crippen LogP contribution in [0.25, 0.3) is 10.9 Å². The average Bonchev–Trinajstić information content (AvgIpc) is 3.08. The highest BCUT2D eigenvalue weighted by Gasteiger charge is 2.20. The van der Waals surface area contributed by atoms with E-state index in [1.807, 2.05) is 24.4 Å². The van der Waals surface area contributed by atoms with Crippen molar-refractivity contribution >= 4 is 10.9 Å². The molecule has 0 spiro atoms. The van der Waals surface area contributed by atoms with Crippen LogP contribution in [0.2, 0.25) is 0 Å². The number of nitrogens with zero attached hydrogens (tertiary/aromatic N) is 3. The van der Waals surface area contributed by atoms with Gasteiger partial charge in [-0.15, -0.1) is 0 Å². The lowest BCUT2D eigenvalue weighted by Crippen LogP contribution is -2.20. The molecule has 0 amide bonds. The van der Waals surface area contributed by atoms with Crippen LogP contribution in [0.15, 0.2) is 36.5 Å². The summed E-state index contributed by atoms with van der Waals surface area (Å²) >= 11 is 0. The number of aryl methyl sites for hydroxylation is 1. The standard InChI is InChI=1S/C22H27N3O2/c1-3-19-21-20(13-14-23-22(21)27-18-7-5-4-6-8-18)25(24-19)15-16-9-11-17(26-2)12-10-16/h9-14,18H,3-8,15H2,1-2H3. The molecule has 0 saturated heterocycles. The van der Waals surface area contributed by atoms with E-state index in [-0.39, 0.29) is 6.10 Å². The highest BCUT2D eigenvalue weighted by Crippen LogP contribution is 2.31. The number of hydrogen-bond acceptors (Lipinski definition) is 4. The molecule has 2 heterocycles. The van der Waals surface area contributed by atoms with Crippen molar-refractivity contribution in [2.45, 2.75) is 58.1 Å². The van der Waals surface area contributed by atoms with Gasteiger partial charge in [0.15, 0.2) is 0 Å². The second kappa shape index (κ2) is 7.99. The fraction of sp³-hybridized carbons (Fsp3) is 0.455. The lowest BCUT2D eigenvalue weighted by molar-refractivity contribution is 0.151. The van der Waals surface area contributed by atoms with Gasteiger partial charge < -0.3 is 9.47 Å².